The molecule has 3 aromatic rings. The van der Waals surface area contributed by atoms with Crippen LogP contribution in [0.2, 0.25) is 0 Å². The average Bonchev–Trinajstić information content (AvgIpc) is 2.90. The highest BCUT2D eigenvalue weighted by Crippen LogP contribution is 2.44. The van der Waals surface area contributed by atoms with Crippen molar-refractivity contribution < 1.29 is 9.90 Å². The molecule has 4 heterocycles. The largest absolute Gasteiger partial charge is 0.478 e. The van der Waals surface area contributed by atoms with Gasteiger partial charge in [0.15, 0.2) is 0 Å². The third-order valence-corrected chi connectivity index (χ3v) is 8.88. The molecule has 0 saturated carbocycles. The summed E-state index contributed by atoms with van der Waals surface area (Å²) in [6, 6.07) is 17.3. The molecule has 4 aliphatic rings. The molecule has 0 aromatic heterocycles. The van der Waals surface area contributed by atoms with Crippen LogP contribution in [0.4, 0.5) is 11.4 Å². The molecule has 0 atom stereocenters. The summed E-state index contributed by atoms with van der Waals surface area (Å²) >= 11 is 0. The second-order valence-electron chi connectivity index (χ2n) is 11.1. The smallest absolute Gasteiger partial charge is 0.335 e. The van der Waals surface area contributed by atoms with Gasteiger partial charge in [0, 0.05) is 43.5 Å². The standard InChI is InChI=1S/C32H34N2O2/c35-32(36)28-12-2-1-11-27(28)29(25-17-21-7-3-13-33-14-4-8-22(18-25)30(21)33)26-19-23-9-5-15-34-16-6-10-24(20-26)31(23)34/h1-2,11-12,17-20,29H,3-10,13-16H2,(H,35,36). The molecule has 0 fully saturated rings. The molecule has 0 aliphatic carbocycles. The lowest BCUT2D eigenvalue weighted by atomic mass is 9.77. The van der Waals surface area contributed by atoms with Crippen LogP contribution >= 0.6 is 0 Å². The lowest BCUT2D eigenvalue weighted by molar-refractivity contribution is 0.0695. The van der Waals surface area contributed by atoms with E-state index in [4.69, 9.17) is 0 Å². The van der Waals surface area contributed by atoms with E-state index in [-0.39, 0.29) is 5.92 Å². The summed E-state index contributed by atoms with van der Waals surface area (Å²) in [5, 5.41) is 10.2. The van der Waals surface area contributed by atoms with E-state index in [2.05, 4.69) is 34.1 Å². The Hall–Kier alpha value is -3.27. The van der Waals surface area contributed by atoms with Crippen LogP contribution in [0.5, 0.6) is 0 Å². The molecule has 4 heteroatoms. The van der Waals surface area contributed by atoms with Crippen molar-refractivity contribution in [2.24, 2.45) is 0 Å². The first-order valence-electron chi connectivity index (χ1n) is 13.8. The van der Waals surface area contributed by atoms with Crippen LogP contribution in [0.15, 0.2) is 48.5 Å². The summed E-state index contributed by atoms with van der Waals surface area (Å²) in [6.07, 6.45) is 9.26. The molecule has 4 nitrogen and oxygen atoms in total. The van der Waals surface area contributed by atoms with Gasteiger partial charge in [-0.05, 0) is 96.4 Å². The minimum absolute atomic E-state index is 0.0741. The number of carboxylic acids is 1. The summed E-state index contributed by atoms with van der Waals surface area (Å²) in [4.78, 5) is 17.6. The van der Waals surface area contributed by atoms with Gasteiger partial charge in [-0.3, -0.25) is 0 Å². The second-order valence-corrected chi connectivity index (χ2v) is 11.1. The number of carboxylic acid groups (broad SMARTS) is 1. The summed E-state index contributed by atoms with van der Waals surface area (Å²) in [7, 11) is 0. The molecule has 0 amide bonds. The fourth-order valence-electron chi connectivity index (χ4n) is 7.49. The second kappa shape index (κ2) is 8.69. The lowest BCUT2D eigenvalue weighted by Gasteiger charge is -2.39. The zero-order valence-corrected chi connectivity index (χ0v) is 20.9. The predicted molar refractivity (Wildman–Crippen MR) is 145 cm³/mol. The van der Waals surface area contributed by atoms with Crippen molar-refractivity contribution in [1.29, 1.82) is 0 Å². The Labute approximate surface area is 213 Å². The first-order valence-corrected chi connectivity index (χ1v) is 13.8. The van der Waals surface area contributed by atoms with E-state index in [0.29, 0.717) is 5.56 Å². The SMILES string of the molecule is O=C(O)c1ccccc1C(c1cc2c3c(c1)CCCN3CCC2)c1cc2c3c(c1)CCCN3CCC2. The maximum atomic E-state index is 12.4. The van der Waals surface area contributed by atoms with Gasteiger partial charge in [0.2, 0.25) is 0 Å². The van der Waals surface area contributed by atoms with Gasteiger partial charge in [-0.1, -0.05) is 42.5 Å². The number of rotatable bonds is 4. The van der Waals surface area contributed by atoms with Gasteiger partial charge in [-0.15, -0.1) is 0 Å². The Morgan fingerprint density at radius 3 is 1.50 bits per heavy atom. The first kappa shape index (κ1) is 22.0. The molecule has 4 aliphatic heterocycles. The van der Waals surface area contributed by atoms with Gasteiger partial charge >= 0.3 is 5.97 Å². The van der Waals surface area contributed by atoms with Crippen LogP contribution in [-0.2, 0) is 25.7 Å². The van der Waals surface area contributed by atoms with Gasteiger partial charge in [0.25, 0.3) is 0 Å². The number of aromatic carboxylic acids is 1. The Kier molecular flexibility index (Phi) is 5.30. The van der Waals surface area contributed by atoms with Crippen molar-refractivity contribution in [3.05, 3.63) is 93.0 Å². The van der Waals surface area contributed by atoms with E-state index in [1.165, 1.54) is 70.4 Å². The van der Waals surface area contributed by atoms with E-state index in [1.54, 1.807) is 6.07 Å². The van der Waals surface area contributed by atoms with E-state index in [0.717, 1.165) is 57.4 Å². The highest BCUT2D eigenvalue weighted by Gasteiger charge is 2.31. The number of benzene rings is 3. The Morgan fingerprint density at radius 2 is 1.08 bits per heavy atom. The lowest BCUT2D eigenvalue weighted by Crippen LogP contribution is -2.35. The molecule has 3 aromatic carbocycles. The van der Waals surface area contributed by atoms with E-state index >= 15 is 0 Å². The van der Waals surface area contributed by atoms with Crippen molar-refractivity contribution in [3.8, 4) is 0 Å². The molecule has 0 radical (unpaired) electrons. The summed E-state index contributed by atoms with van der Waals surface area (Å²) in [5.41, 5.74) is 12.6. The first-order chi connectivity index (χ1) is 17.7. The van der Waals surface area contributed by atoms with Gasteiger partial charge < -0.3 is 14.9 Å². The van der Waals surface area contributed by atoms with Gasteiger partial charge in [0.1, 0.15) is 0 Å². The fraction of sp³-hybridized carbons (Fsp3) is 0.406. The average molecular weight is 479 g/mol. The summed E-state index contributed by atoms with van der Waals surface area (Å²) in [6.45, 7) is 4.65. The Morgan fingerprint density at radius 1 is 0.667 bits per heavy atom. The van der Waals surface area contributed by atoms with Crippen molar-refractivity contribution in [1.82, 2.24) is 0 Å². The van der Waals surface area contributed by atoms with Crippen LogP contribution < -0.4 is 9.80 Å². The molecule has 0 unspecified atom stereocenters. The maximum absolute atomic E-state index is 12.4. The maximum Gasteiger partial charge on any atom is 0.335 e. The van der Waals surface area contributed by atoms with Crippen LogP contribution in [0.3, 0.4) is 0 Å². The number of hydrogen-bond donors (Lipinski definition) is 1. The summed E-state index contributed by atoms with van der Waals surface area (Å²) < 4.78 is 0. The van der Waals surface area contributed by atoms with Gasteiger partial charge in [0.05, 0.1) is 5.56 Å². The number of anilines is 2. The molecule has 7 rings (SSSR count). The Balaban J connectivity index is 1.46. The zero-order chi connectivity index (χ0) is 24.2. The highest BCUT2D eigenvalue weighted by molar-refractivity contribution is 5.90. The minimum atomic E-state index is -0.841. The molecule has 184 valence electrons. The number of hydrogen-bond acceptors (Lipinski definition) is 3. The third kappa shape index (κ3) is 3.53. The minimum Gasteiger partial charge on any atom is -0.478 e. The van der Waals surface area contributed by atoms with Crippen molar-refractivity contribution in [2.75, 3.05) is 36.0 Å². The molecule has 0 bridgehead atoms. The summed E-state index contributed by atoms with van der Waals surface area (Å²) in [5.74, 6) is -0.915. The van der Waals surface area contributed by atoms with E-state index in [9.17, 15) is 9.90 Å². The molecular weight excluding hydrogens is 444 g/mol. The van der Waals surface area contributed by atoms with Crippen LogP contribution in [0, 0.1) is 0 Å². The molecule has 36 heavy (non-hydrogen) atoms. The van der Waals surface area contributed by atoms with Gasteiger partial charge in [-0.2, -0.15) is 0 Å². The normalized spacial score (nSPS) is 18.1. The van der Waals surface area contributed by atoms with E-state index < -0.39 is 5.97 Å². The number of aryl methyl sites for hydroxylation is 4. The quantitative estimate of drug-likeness (QED) is 0.470. The van der Waals surface area contributed by atoms with Crippen molar-refractivity contribution in [3.63, 3.8) is 0 Å². The predicted octanol–water partition coefficient (Wildman–Crippen LogP) is 5.96. The molecule has 1 N–H and O–H groups in total. The monoisotopic (exact) mass is 478 g/mol. The van der Waals surface area contributed by atoms with Crippen molar-refractivity contribution >= 4 is 17.3 Å². The molecular formula is C32H34N2O2. The van der Waals surface area contributed by atoms with E-state index in [1.807, 2.05) is 18.2 Å². The zero-order valence-electron chi connectivity index (χ0n) is 20.9. The van der Waals surface area contributed by atoms with Crippen molar-refractivity contribution in [2.45, 2.75) is 57.3 Å². The van der Waals surface area contributed by atoms with Crippen LogP contribution in [0.1, 0.15) is 80.9 Å². The third-order valence-electron chi connectivity index (χ3n) is 8.88. The highest BCUT2D eigenvalue weighted by atomic mass is 16.4. The topological polar surface area (TPSA) is 43.8 Å². The number of carbonyl (C=O) groups is 1. The Bertz CT molecular complexity index is 1220. The number of nitrogens with zero attached hydrogens (tertiary/aromatic N) is 2. The van der Waals surface area contributed by atoms with Crippen LogP contribution in [0.25, 0.3) is 0 Å². The van der Waals surface area contributed by atoms with Crippen LogP contribution in [-0.4, -0.2) is 37.3 Å². The fourth-order valence-corrected chi connectivity index (χ4v) is 7.49. The molecule has 0 spiro atoms. The molecule has 0 saturated heterocycles. The van der Waals surface area contributed by atoms with Gasteiger partial charge in [-0.25, -0.2) is 4.79 Å².